The van der Waals surface area contributed by atoms with Crippen LogP contribution in [0, 0.1) is 5.41 Å². The van der Waals surface area contributed by atoms with E-state index in [9.17, 15) is 0 Å². The summed E-state index contributed by atoms with van der Waals surface area (Å²) in [5.41, 5.74) is 13.9. The fourth-order valence-corrected chi connectivity index (χ4v) is 3.43. The number of hydrogen-bond acceptors (Lipinski definition) is 2. The van der Waals surface area contributed by atoms with Crippen LogP contribution in [0.1, 0.15) is 89.7 Å². The van der Waals surface area contributed by atoms with E-state index >= 15 is 0 Å². The fourth-order valence-electron chi connectivity index (χ4n) is 3.43. The highest BCUT2D eigenvalue weighted by atomic mass is 14.6. The highest BCUT2D eigenvalue weighted by Crippen LogP contribution is 2.31. The maximum Gasteiger partial charge on any atom is 0.0294 e. The van der Waals surface area contributed by atoms with Crippen molar-refractivity contribution < 1.29 is 0 Å². The molecule has 0 heterocycles. The van der Waals surface area contributed by atoms with Crippen LogP contribution in [0.5, 0.6) is 0 Å². The van der Waals surface area contributed by atoms with Gasteiger partial charge >= 0.3 is 0 Å². The Morgan fingerprint density at radius 2 is 1.43 bits per heavy atom. The van der Waals surface area contributed by atoms with Gasteiger partial charge in [-0.15, -0.1) is 0 Å². The van der Waals surface area contributed by atoms with E-state index in [2.05, 4.69) is 38.1 Å². The van der Waals surface area contributed by atoms with Gasteiger partial charge in [-0.25, -0.2) is 0 Å². The highest BCUT2D eigenvalue weighted by molar-refractivity contribution is 5.18. The van der Waals surface area contributed by atoms with E-state index < -0.39 is 0 Å². The van der Waals surface area contributed by atoms with Crippen LogP contribution < -0.4 is 11.5 Å². The molecule has 23 heavy (non-hydrogen) atoms. The summed E-state index contributed by atoms with van der Waals surface area (Å²) >= 11 is 0. The zero-order valence-electron chi connectivity index (χ0n) is 15.4. The second kappa shape index (κ2) is 11.6. The van der Waals surface area contributed by atoms with Gasteiger partial charge in [-0.3, -0.25) is 0 Å². The van der Waals surface area contributed by atoms with E-state index in [4.69, 9.17) is 11.5 Å². The van der Waals surface area contributed by atoms with Crippen LogP contribution in [0.4, 0.5) is 0 Å². The van der Waals surface area contributed by atoms with Gasteiger partial charge in [0.1, 0.15) is 0 Å². The minimum Gasteiger partial charge on any atom is -0.330 e. The number of hydrogen-bond donors (Lipinski definition) is 2. The molecule has 1 rings (SSSR count). The third-order valence-electron chi connectivity index (χ3n) is 5.63. The Hall–Kier alpha value is -0.860. The van der Waals surface area contributed by atoms with Crippen molar-refractivity contribution in [1.82, 2.24) is 0 Å². The summed E-state index contributed by atoms with van der Waals surface area (Å²) in [6.07, 6.45) is 12.8. The van der Waals surface area contributed by atoms with E-state index in [0.717, 1.165) is 13.0 Å². The van der Waals surface area contributed by atoms with Crippen molar-refractivity contribution in [2.45, 2.75) is 84.1 Å². The van der Waals surface area contributed by atoms with Gasteiger partial charge in [-0.05, 0) is 43.2 Å². The molecule has 0 amide bonds. The molecule has 1 atom stereocenters. The monoisotopic (exact) mass is 318 g/mol. The van der Waals surface area contributed by atoms with Gasteiger partial charge in [-0.2, -0.15) is 0 Å². The van der Waals surface area contributed by atoms with Crippen molar-refractivity contribution in [3.05, 3.63) is 35.9 Å². The van der Waals surface area contributed by atoms with Crippen LogP contribution in [0.25, 0.3) is 0 Å². The van der Waals surface area contributed by atoms with Gasteiger partial charge in [0.25, 0.3) is 0 Å². The molecule has 0 saturated carbocycles. The smallest absolute Gasteiger partial charge is 0.0294 e. The van der Waals surface area contributed by atoms with E-state index in [1.165, 1.54) is 63.4 Å². The standard InChI is InChI=1S/C21H38N2/c1-3-21(4-2,18-22)17-13-8-6-5-7-12-16-20(23)19-14-10-9-11-15-19/h9-11,14-15,20H,3-8,12-13,16-18,22-23H2,1-2H3. The summed E-state index contributed by atoms with van der Waals surface area (Å²) < 4.78 is 0. The van der Waals surface area contributed by atoms with E-state index in [0.29, 0.717) is 5.41 Å². The van der Waals surface area contributed by atoms with Crippen molar-refractivity contribution in [2.24, 2.45) is 16.9 Å². The van der Waals surface area contributed by atoms with E-state index in [1.807, 2.05) is 6.07 Å². The number of nitrogens with two attached hydrogens (primary N) is 2. The molecule has 4 N–H and O–H groups in total. The fraction of sp³-hybridized carbons (Fsp3) is 0.714. The second-order valence-electron chi connectivity index (χ2n) is 7.09. The highest BCUT2D eigenvalue weighted by Gasteiger charge is 2.23. The van der Waals surface area contributed by atoms with Crippen molar-refractivity contribution in [3.63, 3.8) is 0 Å². The number of rotatable bonds is 13. The predicted molar refractivity (Wildman–Crippen MR) is 102 cm³/mol. The zero-order valence-corrected chi connectivity index (χ0v) is 15.4. The zero-order chi connectivity index (χ0) is 17.0. The SMILES string of the molecule is CCC(CC)(CN)CCCCCCCCC(N)c1ccccc1. The Balaban J connectivity index is 2.03. The first kappa shape index (κ1) is 20.2. The average molecular weight is 319 g/mol. The van der Waals surface area contributed by atoms with Crippen LogP contribution in [-0.4, -0.2) is 6.54 Å². The number of benzene rings is 1. The molecule has 0 fully saturated rings. The molecule has 0 bridgehead atoms. The normalized spacial score (nSPS) is 13.2. The largest absolute Gasteiger partial charge is 0.330 e. The molecule has 0 radical (unpaired) electrons. The van der Waals surface area contributed by atoms with Crippen molar-refractivity contribution in [3.8, 4) is 0 Å². The third kappa shape index (κ3) is 7.50. The summed E-state index contributed by atoms with van der Waals surface area (Å²) in [4.78, 5) is 0. The van der Waals surface area contributed by atoms with Crippen LogP contribution in [0.2, 0.25) is 0 Å². The molecule has 1 unspecified atom stereocenters. The van der Waals surface area contributed by atoms with Crippen LogP contribution in [0.3, 0.4) is 0 Å². The first-order valence-corrected chi connectivity index (χ1v) is 9.68. The molecule has 132 valence electrons. The van der Waals surface area contributed by atoms with Crippen molar-refractivity contribution in [2.75, 3.05) is 6.54 Å². The minimum atomic E-state index is 0.204. The lowest BCUT2D eigenvalue weighted by molar-refractivity contribution is 0.240. The van der Waals surface area contributed by atoms with Crippen molar-refractivity contribution >= 4 is 0 Å². The van der Waals surface area contributed by atoms with Gasteiger partial charge in [0, 0.05) is 6.04 Å². The average Bonchev–Trinajstić information content (AvgIpc) is 2.61. The van der Waals surface area contributed by atoms with Crippen LogP contribution in [-0.2, 0) is 0 Å². The summed E-state index contributed by atoms with van der Waals surface area (Å²) in [5.74, 6) is 0. The Bertz CT molecular complexity index is 376. The molecule has 0 saturated heterocycles. The topological polar surface area (TPSA) is 52.0 Å². The molecule has 0 aliphatic carbocycles. The minimum absolute atomic E-state index is 0.204. The summed E-state index contributed by atoms with van der Waals surface area (Å²) in [5, 5.41) is 0. The van der Waals surface area contributed by atoms with Gasteiger partial charge in [0.2, 0.25) is 0 Å². The molecule has 1 aromatic carbocycles. The Labute approximate surface area is 144 Å². The van der Waals surface area contributed by atoms with Crippen LogP contribution >= 0.6 is 0 Å². The molecule has 1 aromatic rings. The lowest BCUT2D eigenvalue weighted by atomic mass is 9.78. The number of unbranched alkanes of at least 4 members (excludes halogenated alkanes) is 5. The molecule has 2 nitrogen and oxygen atoms in total. The first-order valence-electron chi connectivity index (χ1n) is 9.68. The van der Waals surface area contributed by atoms with E-state index in [1.54, 1.807) is 0 Å². The molecular weight excluding hydrogens is 280 g/mol. The van der Waals surface area contributed by atoms with Crippen LogP contribution in [0.15, 0.2) is 30.3 Å². The molecule has 0 aliphatic rings. The van der Waals surface area contributed by atoms with Gasteiger partial charge < -0.3 is 11.5 Å². The van der Waals surface area contributed by atoms with E-state index in [-0.39, 0.29) is 6.04 Å². The maximum atomic E-state index is 6.24. The lowest BCUT2D eigenvalue weighted by Crippen LogP contribution is -2.29. The summed E-state index contributed by atoms with van der Waals surface area (Å²) in [6, 6.07) is 10.7. The molecule has 0 aliphatic heterocycles. The Morgan fingerprint density at radius 1 is 0.870 bits per heavy atom. The molecule has 0 spiro atoms. The Kier molecular flexibility index (Phi) is 10.2. The predicted octanol–water partition coefficient (Wildman–Crippen LogP) is 5.57. The lowest BCUT2D eigenvalue weighted by Gasteiger charge is -2.30. The molecule has 2 heteroatoms. The quantitative estimate of drug-likeness (QED) is 0.467. The maximum absolute atomic E-state index is 6.24. The summed E-state index contributed by atoms with van der Waals surface area (Å²) in [7, 11) is 0. The third-order valence-corrected chi connectivity index (χ3v) is 5.63. The Morgan fingerprint density at radius 3 is 2.00 bits per heavy atom. The van der Waals surface area contributed by atoms with Crippen molar-refractivity contribution in [1.29, 1.82) is 0 Å². The second-order valence-corrected chi connectivity index (χ2v) is 7.09. The van der Waals surface area contributed by atoms with Gasteiger partial charge in [0.05, 0.1) is 0 Å². The summed E-state index contributed by atoms with van der Waals surface area (Å²) in [6.45, 7) is 5.41. The van der Waals surface area contributed by atoms with Gasteiger partial charge in [0.15, 0.2) is 0 Å². The first-order chi connectivity index (χ1) is 11.2. The molecular formula is C21H38N2. The molecule has 0 aromatic heterocycles. The van der Waals surface area contributed by atoms with Gasteiger partial charge in [-0.1, -0.05) is 82.7 Å².